The molecule has 156 valence electrons. The van der Waals surface area contributed by atoms with Crippen molar-refractivity contribution in [2.45, 2.75) is 13.8 Å². The molecule has 4 rings (SSSR count). The Morgan fingerprint density at radius 3 is 2.77 bits per heavy atom. The van der Waals surface area contributed by atoms with E-state index in [4.69, 9.17) is 9.26 Å². The second-order valence-corrected chi connectivity index (χ2v) is 6.78. The molecule has 0 atom stereocenters. The monoisotopic (exact) mass is 417 g/mol. The van der Waals surface area contributed by atoms with Gasteiger partial charge in [-0.2, -0.15) is 4.98 Å². The number of carbonyl (C=O) groups is 1. The highest BCUT2D eigenvalue weighted by Crippen LogP contribution is 2.26. The maximum absolute atomic E-state index is 12.7. The molecule has 0 aliphatic carbocycles. The van der Waals surface area contributed by atoms with Crippen LogP contribution in [0.15, 0.2) is 47.9 Å². The Kier molecular flexibility index (Phi) is 5.27. The highest BCUT2D eigenvalue weighted by atomic mass is 16.5. The van der Waals surface area contributed by atoms with Crippen molar-refractivity contribution in [3.63, 3.8) is 0 Å². The molecule has 0 aliphatic heterocycles. The molecular formula is C21H19N7O3. The van der Waals surface area contributed by atoms with Crippen molar-refractivity contribution < 1.29 is 14.1 Å². The molecule has 3 heterocycles. The number of nitrogens with one attached hydrogen (secondary N) is 2. The fourth-order valence-corrected chi connectivity index (χ4v) is 2.78. The van der Waals surface area contributed by atoms with Gasteiger partial charge in [0.25, 0.3) is 5.91 Å². The number of amides is 1. The normalized spacial score (nSPS) is 10.7. The smallest absolute Gasteiger partial charge is 0.316 e. The average Bonchev–Trinajstić information content (AvgIpc) is 3.24. The number of hydrogen-bond acceptors (Lipinski definition) is 9. The number of ether oxygens (including phenoxy) is 1. The number of methoxy groups -OCH3 is 1. The third-order valence-corrected chi connectivity index (χ3v) is 4.46. The molecule has 0 spiro atoms. The Morgan fingerprint density at radius 1 is 1.19 bits per heavy atom. The molecule has 4 aromatic rings. The van der Waals surface area contributed by atoms with Gasteiger partial charge in [-0.1, -0.05) is 17.8 Å². The topological polar surface area (TPSA) is 128 Å². The van der Waals surface area contributed by atoms with Gasteiger partial charge in [0.2, 0.25) is 0 Å². The van der Waals surface area contributed by atoms with Crippen molar-refractivity contribution >= 4 is 39.8 Å². The third-order valence-electron chi connectivity index (χ3n) is 4.46. The van der Waals surface area contributed by atoms with Crippen LogP contribution in [0.3, 0.4) is 0 Å². The summed E-state index contributed by atoms with van der Waals surface area (Å²) in [5.74, 6) is 0.952. The Balaban J connectivity index is 1.61. The number of aryl methyl sites for hydroxylation is 1. The summed E-state index contributed by atoms with van der Waals surface area (Å²) in [6.07, 6.45) is 2.97. The van der Waals surface area contributed by atoms with Gasteiger partial charge in [0, 0.05) is 17.3 Å². The number of fused-ring (bicyclic) bond motifs is 1. The van der Waals surface area contributed by atoms with Crippen LogP contribution in [0.25, 0.3) is 16.6 Å². The molecule has 0 radical (unpaired) electrons. The van der Waals surface area contributed by atoms with Gasteiger partial charge in [-0.05, 0) is 37.1 Å². The summed E-state index contributed by atoms with van der Waals surface area (Å²) < 4.78 is 10.2. The molecule has 0 fully saturated rings. The van der Waals surface area contributed by atoms with Crippen LogP contribution in [0.2, 0.25) is 0 Å². The van der Waals surface area contributed by atoms with Gasteiger partial charge in [-0.15, -0.1) is 0 Å². The van der Waals surface area contributed by atoms with E-state index in [-0.39, 0.29) is 11.9 Å². The quantitative estimate of drug-likeness (QED) is 0.482. The SMILES string of the molecule is C=C(C)c1cc(NC(=O)c2ccc(C)c(Nc3ncnc4cnc(OC)nc34)c2)no1. The Hall–Kier alpha value is -4.34. The molecule has 1 aromatic carbocycles. The molecule has 10 heteroatoms. The van der Waals surface area contributed by atoms with E-state index in [1.165, 1.54) is 13.4 Å². The summed E-state index contributed by atoms with van der Waals surface area (Å²) in [5, 5.41) is 9.77. The van der Waals surface area contributed by atoms with E-state index < -0.39 is 0 Å². The molecule has 0 saturated carbocycles. The zero-order chi connectivity index (χ0) is 22.0. The Bertz CT molecular complexity index is 1300. The fourth-order valence-electron chi connectivity index (χ4n) is 2.78. The van der Waals surface area contributed by atoms with Crippen molar-refractivity contribution in [1.82, 2.24) is 25.1 Å². The Morgan fingerprint density at radius 2 is 2.03 bits per heavy atom. The lowest BCUT2D eigenvalue weighted by Gasteiger charge is -2.12. The van der Waals surface area contributed by atoms with E-state index >= 15 is 0 Å². The van der Waals surface area contributed by atoms with Gasteiger partial charge in [0.05, 0.1) is 13.3 Å². The summed E-state index contributed by atoms with van der Waals surface area (Å²) in [4.78, 5) is 29.5. The van der Waals surface area contributed by atoms with Gasteiger partial charge in [-0.3, -0.25) is 4.79 Å². The second-order valence-electron chi connectivity index (χ2n) is 6.78. The summed E-state index contributed by atoms with van der Waals surface area (Å²) >= 11 is 0. The van der Waals surface area contributed by atoms with Crippen LogP contribution in [-0.4, -0.2) is 38.1 Å². The summed E-state index contributed by atoms with van der Waals surface area (Å²) in [5.41, 5.74) is 3.80. The lowest BCUT2D eigenvalue weighted by Crippen LogP contribution is -2.12. The van der Waals surface area contributed by atoms with Crippen LogP contribution in [0.1, 0.15) is 28.6 Å². The van der Waals surface area contributed by atoms with Crippen molar-refractivity contribution in [2.75, 3.05) is 17.7 Å². The number of benzene rings is 1. The van der Waals surface area contributed by atoms with E-state index in [0.717, 1.165) is 5.56 Å². The van der Waals surface area contributed by atoms with Crippen molar-refractivity contribution in [3.8, 4) is 6.01 Å². The van der Waals surface area contributed by atoms with E-state index in [1.807, 2.05) is 13.0 Å². The third kappa shape index (κ3) is 4.17. The minimum absolute atomic E-state index is 0.206. The molecule has 0 saturated heterocycles. The van der Waals surface area contributed by atoms with Crippen molar-refractivity contribution in [2.24, 2.45) is 0 Å². The molecule has 3 aromatic heterocycles. The van der Waals surface area contributed by atoms with E-state index in [1.54, 1.807) is 31.3 Å². The lowest BCUT2D eigenvalue weighted by atomic mass is 10.1. The highest BCUT2D eigenvalue weighted by molar-refractivity contribution is 6.04. The number of aromatic nitrogens is 5. The molecule has 0 unspecified atom stereocenters. The molecule has 1 amide bonds. The van der Waals surface area contributed by atoms with Crippen LogP contribution in [-0.2, 0) is 0 Å². The highest BCUT2D eigenvalue weighted by Gasteiger charge is 2.14. The number of nitrogens with zero attached hydrogens (tertiary/aromatic N) is 5. The number of rotatable bonds is 6. The molecular weight excluding hydrogens is 398 g/mol. The number of hydrogen-bond donors (Lipinski definition) is 2. The number of anilines is 3. The van der Waals surface area contributed by atoms with Crippen LogP contribution in [0, 0.1) is 6.92 Å². The van der Waals surface area contributed by atoms with Crippen LogP contribution in [0.4, 0.5) is 17.3 Å². The van der Waals surface area contributed by atoms with Gasteiger partial charge in [-0.25, -0.2) is 15.0 Å². The summed E-state index contributed by atoms with van der Waals surface area (Å²) in [7, 11) is 1.48. The zero-order valence-electron chi connectivity index (χ0n) is 17.1. The molecule has 10 nitrogen and oxygen atoms in total. The predicted octanol–water partition coefficient (Wildman–Crippen LogP) is 3.75. The van der Waals surface area contributed by atoms with E-state index in [2.05, 4.69) is 42.3 Å². The average molecular weight is 417 g/mol. The largest absolute Gasteiger partial charge is 0.467 e. The first kappa shape index (κ1) is 20.0. The van der Waals surface area contributed by atoms with E-state index in [0.29, 0.717) is 45.3 Å². The number of allylic oxidation sites excluding steroid dienone is 1. The van der Waals surface area contributed by atoms with Crippen LogP contribution < -0.4 is 15.4 Å². The summed E-state index contributed by atoms with van der Waals surface area (Å²) in [6.45, 7) is 7.50. The second kappa shape index (κ2) is 8.19. The van der Waals surface area contributed by atoms with E-state index in [9.17, 15) is 4.79 Å². The van der Waals surface area contributed by atoms with Gasteiger partial charge < -0.3 is 19.9 Å². The predicted molar refractivity (Wildman–Crippen MR) is 115 cm³/mol. The van der Waals surface area contributed by atoms with Crippen molar-refractivity contribution in [3.05, 3.63) is 60.3 Å². The van der Waals surface area contributed by atoms with Gasteiger partial charge in [0.1, 0.15) is 17.4 Å². The minimum Gasteiger partial charge on any atom is -0.467 e. The standard InChI is InChI=1S/C21H19N7O3/c1-11(2)16-8-17(28-31-16)26-20(29)13-6-5-12(3)14(7-13)25-19-18-15(23-10-24-19)9-22-21(27-18)30-4/h5-10H,1H2,2-4H3,(H,23,24,25)(H,26,28,29). The zero-order valence-corrected chi connectivity index (χ0v) is 17.1. The maximum atomic E-state index is 12.7. The van der Waals surface area contributed by atoms with Crippen LogP contribution in [0.5, 0.6) is 6.01 Å². The first-order chi connectivity index (χ1) is 14.9. The van der Waals surface area contributed by atoms with Gasteiger partial charge >= 0.3 is 6.01 Å². The molecule has 31 heavy (non-hydrogen) atoms. The molecule has 2 N–H and O–H groups in total. The van der Waals surface area contributed by atoms with Crippen molar-refractivity contribution in [1.29, 1.82) is 0 Å². The first-order valence-corrected chi connectivity index (χ1v) is 9.28. The maximum Gasteiger partial charge on any atom is 0.316 e. The first-order valence-electron chi connectivity index (χ1n) is 9.28. The molecule has 0 aliphatic rings. The fraction of sp³-hybridized carbons (Fsp3) is 0.143. The molecule has 0 bridgehead atoms. The lowest BCUT2D eigenvalue weighted by molar-refractivity contribution is 0.102. The minimum atomic E-state index is -0.332. The number of carbonyl (C=O) groups excluding carboxylic acids is 1. The van der Waals surface area contributed by atoms with Gasteiger partial charge in [0.15, 0.2) is 17.4 Å². The summed E-state index contributed by atoms with van der Waals surface area (Å²) in [6, 6.07) is 7.10. The van der Waals surface area contributed by atoms with Crippen LogP contribution >= 0.6 is 0 Å². The Labute approximate surface area is 177 Å².